The standard InChI is InChI=1S/C17H23N5O4/c23-16(13-10-18-2-3-19-13)21-11-14-15(12-21)26-17(24)22(14)5-1-4-20-6-8-25-9-7-20/h2-3,10,14-15H,1,4-9,11-12H2/t14-,15+/m1/s1. The van der Waals surface area contributed by atoms with Crippen molar-refractivity contribution in [3.8, 4) is 0 Å². The van der Waals surface area contributed by atoms with E-state index in [1.54, 1.807) is 9.80 Å². The molecular formula is C17H23N5O4. The summed E-state index contributed by atoms with van der Waals surface area (Å²) in [4.78, 5) is 38.5. The van der Waals surface area contributed by atoms with Crippen molar-refractivity contribution in [3.63, 3.8) is 0 Å². The zero-order valence-corrected chi connectivity index (χ0v) is 14.6. The molecule has 0 bridgehead atoms. The lowest BCUT2D eigenvalue weighted by Crippen LogP contribution is -2.42. The SMILES string of the molecule is O=C(c1cnccn1)N1C[C@@H]2OC(=O)N(CCCN3CCOCC3)[C@@H]2C1. The highest BCUT2D eigenvalue weighted by Crippen LogP contribution is 2.27. The number of carbonyl (C=O) groups is 2. The Kier molecular flexibility index (Phi) is 4.98. The minimum absolute atomic E-state index is 0.0761. The molecule has 9 nitrogen and oxygen atoms in total. The Morgan fingerprint density at radius 3 is 2.81 bits per heavy atom. The summed E-state index contributed by atoms with van der Waals surface area (Å²) in [6, 6.07) is -0.0761. The fourth-order valence-electron chi connectivity index (χ4n) is 3.79. The number of morpholine rings is 1. The Balaban J connectivity index is 1.32. The number of hydrogen-bond acceptors (Lipinski definition) is 7. The third kappa shape index (κ3) is 3.49. The molecule has 0 N–H and O–H groups in total. The Morgan fingerprint density at radius 2 is 2.04 bits per heavy atom. The number of rotatable bonds is 5. The number of aromatic nitrogens is 2. The van der Waals surface area contributed by atoms with Crippen molar-refractivity contribution in [2.24, 2.45) is 0 Å². The van der Waals surface area contributed by atoms with Crippen molar-refractivity contribution in [1.29, 1.82) is 0 Å². The van der Waals surface area contributed by atoms with Crippen molar-refractivity contribution in [2.45, 2.75) is 18.6 Å². The molecule has 4 heterocycles. The van der Waals surface area contributed by atoms with Crippen LogP contribution in [0.1, 0.15) is 16.9 Å². The van der Waals surface area contributed by atoms with E-state index in [1.807, 2.05) is 0 Å². The van der Waals surface area contributed by atoms with E-state index in [4.69, 9.17) is 9.47 Å². The average molecular weight is 361 g/mol. The lowest BCUT2D eigenvalue weighted by molar-refractivity contribution is 0.0362. The summed E-state index contributed by atoms with van der Waals surface area (Å²) in [5.74, 6) is -0.170. The zero-order chi connectivity index (χ0) is 17.9. The molecule has 140 valence electrons. The quantitative estimate of drug-likeness (QED) is 0.720. The van der Waals surface area contributed by atoms with Crippen LogP contribution in [0.15, 0.2) is 18.6 Å². The molecule has 0 unspecified atom stereocenters. The second-order valence-electron chi connectivity index (χ2n) is 6.79. The van der Waals surface area contributed by atoms with E-state index in [1.165, 1.54) is 18.6 Å². The van der Waals surface area contributed by atoms with Crippen molar-refractivity contribution in [2.75, 3.05) is 52.5 Å². The highest BCUT2D eigenvalue weighted by molar-refractivity contribution is 5.92. The lowest BCUT2D eigenvalue weighted by Gasteiger charge is -2.28. The van der Waals surface area contributed by atoms with E-state index in [0.717, 1.165) is 39.3 Å². The smallest absolute Gasteiger partial charge is 0.410 e. The molecule has 0 radical (unpaired) electrons. The van der Waals surface area contributed by atoms with Gasteiger partial charge in [0.25, 0.3) is 5.91 Å². The first-order valence-corrected chi connectivity index (χ1v) is 9.05. The molecule has 1 aromatic rings. The van der Waals surface area contributed by atoms with Gasteiger partial charge in [0, 0.05) is 45.1 Å². The van der Waals surface area contributed by atoms with Crippen LogP contribution in [0.4, 0.5) is 4.79 Å². The number of carbonyl (C=O) groups excluding carboxylic acids is 2. The Hall–Kier alpha value is -2.26. The second kappa shape index (κ2) is 7.55. The van der Waals surface area contributed by atoms with Gasteiger partial charge in [0.05, 0.1) is 32.0 Å². The second-order valence-corrected chi connectivity index (χ2v) is 6.79. The van der Waals surface area contributed by atoms with Crippen LogP contribution >= 0.6 is 0 Å². The van der Waals surface area contributed by atoms with Crippen LogP contribution < -0.4 is 0 Å². The van der Waals surface area contributed by atoms with Crippen LogP contribution in [0.2, 0.25) is 0 Å². The van der Waals surface area contributed by atoms with Gasteiger partial charge in [-0.05, 0) is 6.42 Å². The fraction of sp³-hybridized carbons (Fsp3) is 0.647. The predicted molar refractivity (Wildman–Crippen MR) is 90.6 cm³/mol. The van der Waals surface area contributed by atoms with Gasteiger partial charge in [0.1, 0.15) is 11.8 Å². The van der Waals surface area contributed by atoms with E-state index >= 15 is 0 Å². The minimum Gasteiger partial charge on any atom is -0.442 e. The van der Waals surface area contributed by atoms with Crippen LogP contribution in [0.25, 0.3) is 0 Å². The maximum atomic E-state index is 12.5. The van der Waals surface area contributed by atoms with Crippen molar-refractivity contribution < 1.29 is 19.1 Å². The molecule has 3 fully saturated rings. The summed E-state index contributed by atoms with van der Waals surface area (Å²) in [7, 11) is 0. The van der Waals surface area contributed by atoms with Crippen molar-refractivity contribution in [1.82, 2.24) is 24.7 Å². The third-order valence-electron chi connectivity index (χ3n) is 5.17. The summed E-state index contributed by atoms with van der Waals surface area (Å²) in [6.45, 7) is 5.89. The van der Waals surface area contributed by atoms with Crippen LogP contribution in [-0.2, 0) is 9.47 Å². The first-order valence-electron chi connectivity index (χ1n) is 9.05. The minimum atomic E-state index is -0.270. The third-order valence-corrected chi connectivity index (χ3v) is 5.17. The number of likely N-dealkylation sites (tertiary alicyclic amines) is 1. The van der Waals surface area contributed by atoms with Gasteiger partial charge in [-0.15, -0.1) is 0 Å². The Bertz CT molecular complexity index is 652. The molecule has 0 aromatic carbocycles. The van der Waals surface area contributed by atoms with E-state index in [-0.39, 0.29) is 24.1 Å². The molecule has 3 saturated heterocycles. The van der Waals surface area contributed by atoms with Gasteiger partial charge in [0.15, 0.2) is 0 Å². The molecule has 26 heavy (non-hydrogen) atoms. The first-order chi connectivity index (χ1) is 12.7. The number of nitrogens with zero attached hydrogens (tertiary/aromatic N) is 5. The van der Waals surface area contributed by atoms with Crippen LogP contribution in [0, 0.1) is 0 Å². The van der Waals surface area contributed by atoms with Gasteiger partial charge in [-0.1, -0.05) is 0 Å². The molecule has 3 aliphatic rings. The van der Waals surface area contributed by atoms with Gasteiger partial charge in [-0.25, -0.2) is 9.78 Å². The molecule has 3 aliphatic heterocycles. The Morgan fingerprint density at radius 1 is 1.19 bits per heavy atom. The summed E-state index contributed by atoms with van der Waals surface area (Å²) in [5.41, 5.74) is 0.317. The normalized spacial score (nSPS) is 26.1. The average Bonchev–Trinajstić information content (AvgIpc) is 3.21. The van der Waals surface area contributed by atoms with E-state index in [2.05, 4.69) is 14.9 Å². The van der Waals surface area contributed by atoms with E-state index in [9.17, 15) is 9.59 Å². The molecule has 2 atom stereocenters. The number of amides is 2. The number of hydrogen-bond donors (Lipinski definition) is 0. The largest absolute Gasteiger partial charge is 0.442 e. The summed E-state index contributed by atoms with van der Waals surface area (Å²) >= 11 is 0. The monoisotopic (exact) mass is 361 g/mol. The molecule has 0 spiro atoms. The lowest BCUT2D eigenvalue weighted by atomic mass is 10.2. The Labute approximate surface area is 151 Å². The van der Waals surface area contributed by atoms with Gasteiger partial charge in [0.2, 0.25) is 0 Å². The molecule has 4 rings (SSSR count). The maximum absolute atomic E-state index is 12.5. The van der Waals surface area contributed by atoms with Gasteiger partial charge >= 0.3 is 6.09 Å². The number of fused-ring (bicyclic) bond motifs is 1. The first kappa shape index (κ1) is 17.2. The van der Waals surface area contributed by atoms with Gasteiger partial charge in [-0.3, -0.25) is 19.6 Å². The van der Waals surface area contributed by atoms with Gasteiger partial charge < -0.3 is 14.4 Å². The zero-order valence-electron chi connectivity index (χ0n) is 14.6. The van der Waals surface area contributed by atoms with Crippen LogP contribution in [-0.4, -0.2) is 101 Å². The predicted octanol–water partition coefficient (Wildman–Crippen LogP) is -0.156. The molecule has 2 amide bonds. The number of ether oxygens (including phenoxy) is 2. The summed E-state index contributed by atoms with van der Waals surface area (Å²) < 4.78 is 10.8. The van der Waals surface area contributed by atoms with Crippen LogP contribution in [0.3, 0.4) is 0 Å². The van der Waals surface area contributed by atoms with Crippen molar-refractivity contribution >= 4 is 12.0 Å². The molecule has 1 aromatic heterocycles. The highest BCUT2D eigenvalue weighted by atomic mass is 16.6. The van der Waals surface area contributed by atoms with Crippen LogP contribution in [0.5, 0.6) is 0 Å². The summed E-state index contributed by atoms with van der Waals surface area (Å²) in [5, 5.41) is 0. The molecule has 0 saturated carbocycles. The molecule has 0 aliphatic carbocycles. The maximum Gasteiger partial charge on any atom is 0.410 e. The highest BCUT2D eigenvalue weighted by Gasteiger charge is 2.48. The van der Waals surface area contributed by atoms with Crippen molar-refractivity contribution in [3.05, 3.63) is 24.3 Å². The van der Waals surface area contributed by atoms with E-state index < -0.39 is 0 Å². The topological polar surface area (TPSA) is 88.1 Å². The summed E-state index contributed by atoms with van der Waals surface area (Å²) in [6.07, 6.45) is 4.86. The molecule has 9 heteroatoms. The van der Waals surface area contributed by atoms with E-state index in [0.29, 0.717) is 25.3 Å². The molecular weight excluding hydrogens is 338 g/mol. The van der Waals surface area contributed by atoms with Gasteiger partial charge in [-0.2, -0.15) is 0 Å². The fourth-order valence-corrected chi connectivity index (χ4v) is 3.79.